The number of amides is 1. The van der Waals surface area contributed by atoms with Crippen LogP contribution < -0.4 is 5.32 Å². The van der Waals surface area contributed by atoms with Crippen molar-refractivity contribution in [3.63, 3.8) is 0 Å². The molecule has 1 amide bonds. The van der Waals surface area contributed by atoms with E-state index in [1.54, 1.807) is 0 Å². The van der Waals surface area contributed by atoms with E-state index in [-0.39, 0.29) is 10.6 Å². The Morgan fingerprint density at radius 2 is 2.28 bits per heavy atom. The molecule has 1 aromatic carbocycles. The molecule has 0 saturated heterocycles. The lowest BCUT2D eigenvalue weighted by Gasteiger charge is -2.04. The lowest BCUT2D eigenvalue weighted by Crippen LogP contribution is -2.14. The summed E-state index contributed by atoms with van der Waals surface area (Å²) >= 11 is 7.04. The van der Waals surface area contributed by atoms with Crippen molar-refractivity contribution in [3.05, 3.63) is 39.6 Å². The zero-order chi connectivity index (χ0) is 13.1. The molecule has 1 aromatic heterocycles. The fourth-order valence-electron chi connectivity index (χ4n) is 1.32. The Balaban J connectivity index is 2.22. The van der Waals surface area contributed by atoms with Crippen molar-refractivity contribution in [2.45, 2.75) is 13.3 Å². The number of carbonyl (C=O) groups excluding carboxylic acids is 1. The van der Waals surface area contributed by atoms with E-state index in [2.05, 4.69) is 15.5 Å². The molecule has 0 saturated carbocycles. The van der Waals surface area contributed by atoms with Gasteiger partial charge in [0.15, 0.2) is 0 Å². The van der Waals surface area contributed by atoms with Crippen molar-refractivity contribution in [1.29, 1.82) is 0 Å². The van der Waals surface area contributed by atoms with Gasteiger partial charge in [0.05, 0.1) is 10.6 Å². The van der Waals surface area contributed by atoms with Crippen LogP contribution in [0.1, 0.15) is 22.3 Å². The normalized spacial score (nSPS) is 10.4. The summed E-state index contributed by atoms with van der Waals surface area (Å²) in [5.41, 5.74) is -0.188. The zero-order valence-electron chi connectivity index (χ0n) is 9.41. The third-order valence-electron chi connectivity index (χ3n) is 2.18. The van der Waals surface area contributed by atoms with Crippen LogP contribution in [0.4, 0.5) is 9.52 Å². The van der Waals surface area contributed by atoms with Gasteiger partial charge in [0, 0.05) is 0 Å². The van der Waals surface area contributed by atoms with Gasteiger partial charge in [-0.3, -0.25) is 10.1 Å². The minimum Gasteiger partial charge on any atom is -0.296 e. The molecule has 1 heterocycles. The van der Waals surface area contributed by atoms with Gasteiger partial charge in [-0.25, -0.2) is 4.39 Å². The summed E-state index contributed by atoms with van der Waals surface area (Å²) in [5, 5.41) is 11.3. The molecule has 0 spiro atoms. The largest absolute Gasteiger partial charge is 0.296 e. The smallest absolute Gasteiger partial charge is 0.261 e. The molecule has 1 N–H and O–H groups in total. The predicted molar refractivity (Wildman–Crippen MR) is 68.7 cm³/mol. The van der Waals surface area contributed by atoms with Crippen LogP contribution in [0, 0.1) is 5.82 Å². The minimum absolute atomic E-state index is 0.0627. The molecule has 18 heavy (non-hydrogen) atoms. The van der Waals surface area contributed by atoms with E-state index in [1.807, 2.05) is 6.92 Å². The Morgan fingerprint density at radius 1 is 1.50 bits per heavy atom. The molecule has 0 fully saturated rings. The lowest BCUT2D eigenvalue weighted by molar-refractivity contribution is 0.102. The summed E-state index contributed by atoms with van der Waals surface area (Å²) in [4.78, 5) is 11.9. The summed E-state index contributed by atoms with van der Waals surface area (Å²) in [6.07, 6.45) is 0.730. The van der Waals surface area contributed by atoms with E-state index in [0.29, 0.717) is 5.13 Å². The lowest BCUT2D eigenvalue weighted by atomic mass is 10.2. The summed E-state index contributed by atoms with van der Waals surface area (Å²) in [6.45, 7) is 1.93. The number of hydrogen-bond donors (Lipinski definition) is 1. The van der Waals surface area contributed by atoms with Crippen LogP contribution in [0.3, 0.4) is 0 Å². The maximum absolute atomic E-state index is 13.5. The molecule has 4 nitrogen and oxygen atoms in total. The Hall–Kier alpha value is -1.53. The van der Waals surface area contributed by atoms with Crippen LogP contribution >= 0.6 is 22.9 Å². The number of aryl methyl sites for hydroxylation is 1. The van der Waals surface area contributed by atoms with Gasteiger partial charge in [-0.15, -0.1) is 10.2 Å². The third kappa shape index (κ3) is 2.65. The average molecular weight is 286 g/mol. The number of rotatable bonds is 3. The topological polar surface area (TPSA) is 54.9 Å². The van der Waals surface area contributed by atoms with E-state index >= 15 is 0 Å². The molecule has 0 aliphatic heterocycles. The van der Waals surface area contributed by atoms with Gasteiger partial charge >= 0.3 is 0 Å². The Labute approximate surface area is 112 Å². The van der Waals surface area contributed by atoms with Crippen LogP contribution in [0.25, 0.3) is 0 Å². The standard InChI is InChI=1S/C11H9ClFN3OS/c1-2-8-15-16-11(18-8)14-10(17)9-6(12)4-3-5-7(9)13/h3-5H,2H2,1H3,(H,14,16,17). The summed E-state index contributed by atoms with van der Waals surface area (Å²) in [5.74, 6) is -1.29. The zero-order valence-corrected chi connectivity index (χ0v) is 11.0. The number of nitrogens with one attached hydrogen (secondary N) is 1. The first-order valence-electron chi connectivity index (χ1n) is 5.19. The van der Waals surface area contributed by atoms with Gasteiger partial charge in [0.2, 0.25) is 5.13 Å². The van der Waals surface area contributed by atoms with Crippen molar-refractivity contribution >= 4 is 34.0 Å². The second kappa shape index (κ2) is 5.41. The first-order valence-corrected chi connectivity index (χ1v) is 6.39. The molecule has 7 heteroatoms. The minimum atomic E-state index is -0.666. The molecule has 0 bridgehead atoms. The third-order valence-corrected chi connectivity index (χ3v) is 3.48. The summed E-state index contributed by atoms with van der Waals surface area (Å²) in [6, 6.07) is 4.07. The van der Waals surface area contributed by atoms with Crippen LogP contribution in [0.15, 0.2) is 18.2 Å². The molecule has 0 unspecified atom stereocenters. The second-order valence-corrected chi connectivity index (χ2v) is 4.87. The number of aromatic nitrogens is 2. The highest BCUT2D eigenvalue weighted by molar-refractivity contribution is 7.15. The van der Waals surface area contributed by atoms with Gasteiger partial charge < -0.3 is 0 Å². The number of halogens is 2. The molecule has 0 aliphatic carbocycles. The monoisotopic (exact) mass is 285 g/mol. The summed E-state index contributed by atoms with van der Waals surface area (Å²) in [7, 11) is 0. The number of benzene rings is 1. The van der Waals surface area contributed by atoms with E-state index in [9.17, 15) is 9.18 Å². The van der Waals surface area contributed by atoms with Gasteiger partial charge in [-0.05, 0) is 18.6 Å². The van der Waals surface area contributed by atoms with Crippen molar-refractivity contribution in [1.82, 2.24) is 10.2 Å². The van der Waals surface area contributed by atoms with Gasteiger partial charge in [0.25, 0.3) is 5.91 Å². The van der Waals surface area contributed by atoms with E-state index in [0.717, 1.165) is 11.4 Å². The highest BCUT2D eigenvalue weighted by Gasteiger charge is 2.17. The predicted octanol–water partition coefficient (Wildman–Crippen LogP) is 3.15. The maximum Gasteiger partial charge on any atom is 0.261 e. The number of carbonyl (C=O) groups is 1. The maximum atomic E-state index is 13.5. The van der Waals surface area contributed by atoms with Crippen LogP contribution in [-0.4, -0.2) is 16.1 Å². The highest BCUT2D eigenvalue weighted by Crippen LogP contribution is 2.22. The Bertz CT molecular complexity index is 567. The Morgan fingerprint density at radius 3 is 2.89 bits per heavy atom. The number of hydrogen-bond acceptors (Lipinski definition) is 4. The highest BCUT2D eigenvalue weighted by atomic mass is 35.5. The number of nitrogens with zero attached hydrogens (tertiary/aromatic N) is 2. The van der Waals surface area contributed by atoms with Crippen LogP contribution in [0.2, 0.25) is 5.02 Å². The molecule has 0 radical (unpaired) electrons. The quantitative estimate of drug-likeness (QED) is 0.942. The number of anilines is 1. The van der Waals surface area contributed by atoms with E-state index in [1.165, 1.54) is 29.5 Å². The summed E-state index contributed by atoms with van der Waals surface area (Å²) < 4.78 is 13.5. The first-order chi connectivity index (χ1) is 8.61. The molecular formula is C11H9ClFN3OS. The van der Waals surface area contributed by atoms with Gasteiger partial charge in [-0.1, -0.05) is 35.9 Å². The van der Waals surface area contributed by atoms with Crippen molar-refractivity contribution in [3.8, 4) is 0 Å². The molecule has 0 atom stereocenters. The average Bonchev–Trinajstić information content (AvgIpc) is 2.76. The SMILES string of the molecule is CCc1nnc(NC(=O)c2c(F)cccc2Cl)s1. The molecule has 2 rings (SSSR count). The van der Waals surface area contributed by atoms with Gasteiger partial charge in [-0.2, -0.15) is 0 Å². The molecular weight excluding hydrogens is 277 g/mol. The fourth-order valence-corrected chi connectivity index (χ4v) is 2.24. The van der Waals surface area contributed by atoms with Crippen LogP contribution in [0.5, 0.6) is 0 Å². The van der Waals surface area contributed by atoms with E-state index < -0.39 is 11.7 Å². The molecule has 2 aromatic rings. The fraction of sp³-hybridized carbons (Fsp3) is 0.182. The van der Waals surface area contributed by atoms with Crippen molar-refractivity contribution in [2.75, 3.05) is 5.32 Å². The Kier molecular flexibility index (Phi) is 3.88. The second-order valence-electron chi connectivity index (χ2n) is 3.41. The van der Waals surface area contributed by atoms with Gasteiger partial charge in [0.1, 0.15) is 10.8 Å². The first kappa shape index (κ1) is 12.9. The van der Waals surface area contributed by atoms with E-state index in [4.69, 9.17) is 11.6 Å². The van der Waals surface area contributed by atoms with Crippen molar-refractivity contribution in [2.24, 2.45) is 0 Å². The molecule has 0 aliphatic rings. The van der Waals surface area contributed by atoms with Crippen molar-refractivity contribution < 1.29 is 9.18 Å². The molecule has 94 valence electrons. The van der Waals surface area contributed by atoms with Crippen LogP contribution in [-0.2, 0) is 6.42 Å².